The van der Waals surface area contributed by atoms with Crippen LogP contribution >= 0.6 is 0 Å². The molecule has 0 bridgehead atoms. The molecule has 1 saturated heterocycles. The van der Waals surface area contributed by atoms with Crippen LogP contribution in [0.25, 0.3) is 0 Å². The molecule has 0 saturated carbocycles. The molecule has 0 radical (unpaired) electrons. The highest BCUT2D eigenvalue weighted by Crippen LogP contribution is 2.29. The minimum absolute atomic E-state index is 0.370. The summed E-state index contributed by atoms with van der Waals surface area (Å²) in [6, 6.07) is 7.65. The van der Waals surface area contributed by atoms with Gasteiger partial charge < -0.3 is 10.1 Å². The van der Waals surface area contributed by atoms with E-state index in [0.717, 1.165) is 24.8 Å². The molecule has 1 N–H and O–H groups in total. The fourth-order valence-electron chi connectivity index (χ4n) is 3.28. The zero-order chi connectivity index (χ0) is 15.4. The van der Waals surface area contributed by atoms with Crippen LogP contribution in [0.4, 0.5) is 0 Å². The number of benzene rings is 1. The van der Waals surface area contributed by atoms with Crippen LogP contribution in [0.3, 0.4) is 0 Å². The Morgan fingerprint density at radius 3 is 2.71 bits per heavy atom. The van der Waals surface area contributed by atoms with Gasteiger partial charge in [-0.05, 0) is 57.9 Å². The molecule has 0 aliphatic carbocycles. The average molecular weight is 290 g/mol. The molecule has 118 valence electrons. The number of hydrogen-bond donors (Lipinski definition) is 1. The van der Waals surface area contributed by atoms with Gasteiger partial charge in [0.2, 0.25) is 0 Å². The normalized spacial score (nSPS) is 24.2. The first-order chi connectivity index (χ1) is 10.0. The predicted octanol–water partition coefficient (Wildman–Crippen LogP) is 3.60. The Balaban J connectivity index is 2.21. The van der Waals surface area contributed by atoms with Crippen LogP contribution in [-0.4, -0.2) is 31.1 Å². The molecule has 1 aliphatic heterocycles. The standard InChI is InChI=1S/C18H30N2O/c1-6-21-18-8-7-16(15(4)19-5)10-17(18)12-20-11-13(2)9-14(20)3/h7-8,10,13-15,19H,6,9,11-12H2,1-5H3. The van der Waals surface area contributed by atoms with E-state index in [1.807, 2.05) is 7.05 Å². The molecule has 1 fully saturated rings. The van der Waals surface area contributed by atoms with Crippen molar-refractivity contribution in [1.29, 1.82) is 0 Å². The van der Waals surface area contributed by atoms with E-state index in [0.29, 0.717) is 12.1 Å². The summed E-state index contributed by atoms with van der Waals surface area (Å²) in [6.45, 7) is 11.8. The van der Waals surface area contributed by atoms with Crippen LogP contribution in [0.5, 0.6) is 5.75 Å². The third-order valence-electron chi connectivity index (χ3n) is 4.60. The summed E-state index contributed by atoms with van der Waals surface area (Å²) in [4.78, 5) is 2.58. The van der Waals surface area contributed by atoms with Gasteiger partial charge in [-0.15, -0.1) is 0 Å². The average Bonchev–Trinajstić information content (AvgIpc) is 2.78. The zero-order valence-electron chi connectivity index (χ0n) is 14.1. The molecule has 1 aromatic rings. The molecule has 0 spiro atoms. The maximum atomic E-state index is 5.83. The monoisotopic (exact) mass is 290 g/mol. The molecule has 0 aromatic heterocycles. The minimum atomic E-state index is 0.370. The van der Waals surface area contributed by atoms with Gasteiger partial charge in [0.25, 0.3) is 0 Å². The summed E-state index contributed by atoms with van der Waals surface area (Å²) in [5, 5.41) is 3.31. The molecule has 3 nitrogen and oxygen atoms in total. The Hall–Kier alpha value is -1.06. The molecule has 2 rings (SSSR count). The highest BCUT2D eigenvalue weighted by Gasteiger charge is 2.26. The second-order valence-corrected chi connectivity index (χ2v) is 6.43. The molecule has 3 heteroatoms. The third kappa shape index (κ3) is 3.98. The lowest BCUT2D eigenvalue weighted by atomic mass is 10.0. The van der Waals surface area contributed by atoms with E-state index in [1.165, 1.54) is 24.1 Å². The zero-order valence-corrected chi connectivity index (χ0v) is 14.1. The summed E-state index contributed by atoms with van der Waals surface area (Å²) in [5.41, 5.74) is 2.65. The van der Waals surface area contributed by atoms with Crippen molar-refractivity contribution in [1.82, 2.24) is 10.2 Å². The van der Waals surface area contributed by atoms with Crippen LogP contribution in [-0.2, 0) is 6.54 Å². The van der Waals surface area contributed by atoms with Gasteiger partial charge in [0, 0.05) is 30.7 Å². The molecule has 21 heavy (non-hydrogen) atoms. The van der Waals surface area contributed by atoms with Crippen molar-refractivity contribution >= 4 is 0 Å². The number of hydrogen-bond acceptors (Lipinski definition) is 3. The third-order valence-corrected chi connectivity index (χ3v) is 4.60. The first-order valence-electron chi connectivity index (χ1n) is 8.22. The Bertz CT molecular complexity index is 461. The van der Waals surface area contributed by atoms with Gasteiger partial charge in [0.05, 0.1) is 6.61 Å². The van der Waals surface area contributed by atoms with Crippen molar-refractivity contribution in [3.8, 4) is 5.75 Å². The Morgan fingerprint density at radius 2 is 2.14 bits per heavy atom. The number of ether oxygens (including phenoxy) is 1. The predicted molar refractivity (Wildman–Crippen MR) is 88.7 cm³/mol. The van der Waals surface area contributed by atoms with Crippen molar-refractivity contribution in [3.05, 3.63) is 29.3 Å². The quantitative estimate of drug-likeness (QED) is 0.866. The number of likely N-dealkylation sites (tertiary alicyclic amines) is 1. The Kier molecular flexibility index (Phi) is 5.65. The van der Waals surface area contributed by atoms with Crippen molar-refractivity contribution in [2.24, 2.45) is 5.92 Å². The van der Waals surface area contributed by atoms with E-state index in [2.05, 4.69) is 56.1 Å². The van der Waals surface area contributed by atoms with Crippen LogP contribution in [0, 0.1) is 5.92 Å². The summed E-state index contributed by atoms with van der Waals surface area (Å²) in [6.07, 6.45) is 1.30. The van der Waals surface area contributed by atoms with Crippen molar-refractivity contribution in [3.63, 3.8) is 0 Å². The van der Waals surface area contributed by atoms with Crippen molar-refractivity contribution in [2.75, 3.05) is 20.2 Å². The molecule has 1 aromatic carbocycles. The Morgan fingerprint density at radius 1 is 1.38 bits per heavy atom. The van der Waals surface area contributed by atoms with Gasteiger partial charge in [-0.25, -0.2) is 0 Å². The van der Waals surface area contributed by atoms with Gasteiger partial charge in [-0.2, -0.15) is 0 Å². The largest absolute Gasteiger partial charge is 0.494 e. The highest BCUT2D eigenvalue weighted by atomic mass is 16.5. The van der Waals surface area contributed by atoms with E-state index in [9.17, 15) is 0 Å². The molecule has 3 atom stereocenters. The topological polar surface area (TPSA) is 24.5 Å². The van der Waals surface area contributed by atoms with E-state index < -0.39 is 0 Å². The van der Waals surface area contributed by atoms with E-state index in [-0.39, 0.29) is 0 Å². The summed E-state index contributed by atoms with van der Waals surface area (Å²) in [5.74, 6) is 1.84. The molecular formula is C18H30N2O. The lowest BCUT2D eigenvalue weighted by Crippen LogP contribution is -2.27. The number of nitrogens with zero attached hydrogens (tertiary/aromatic N) is 1. The van der Waals surface area contributed by atoms with Crippen molar-refractivity contribution in [2.45, 2.75) is 52.7 Å². The summed E-state index contributed by atoms with van der Waals surface area (Å²) in [7, 11) is 2.00. The van der Waals surface area contributed by atoms with Gasteiger partial charge in [-0.3, -0.25) is 4.90 Å². The number of nitrogens with one attached hydrogen (secondary N) is 1. The van der Waals surface area contributed by atoms with Gasteiger partial charge >= 0.3 is 0 Å². The van der Waals surface area contributed by atoms with Gasteiger partial charge in [-0.1, -0.05) is 13.0 Å². The molecule has 0 amide bonds. The second-order valence-electron chi connectivity index (χ2n) is 6.43. The smallest absolute Gasteiger partial charge is 0.123 e. The first kappa shape index (κ1) is 16.3. The lowest BCUT2D eigenvalue weighted by Gasteiger charge is -2.23. The van der Waals surface area contributed by atoms with Crippen LogP contribution in [0.2, 0.25) is 0 Å². The maximum absolute atomic E-state index is 5.83. The van der Waals surface area contributed by atoms with Crippen LogP contribution in [0.15, 0.2) is 18.2 Å². The fraction of sp³-hybridized carbons (Fsp3) is 0.667. The van der Waals surface area contributed by atoms with Crippen molar-refractivity contribution < 1.29 is 4.74 Å². The SMILES string of the molecule is CCOc1ccc(C(C)NC)cc1CN1CC(C)CC1C. The van der Waals surface area contributed by atoms with Crippen LogP contribution in [0.1, 0.15) is 51.3 Å². The lowest BCUT2D eigenvalue weighted by molar-refractivity contribution is 0.249. The van der Waals surface area contributed by atoms with E-state index in [1.54, 1.807) is 0 Å². The van der Waals surface area contributed by atoms with E-state index in [4.69, 9.17) is 4.74 Å². The van der Waals surface area contributed by atoms with E-state index >= 15 is 0 Å². The molecule has 1 heterocycles. The molecule has 3 unspecified atom stereocenters. The highest BCUT2D eigenvalue weighted by molar-refractivity contribution is 5.38. The molecular weight excluding hydrogens is 260 g/mol. The number of rotatable bonds is 6. The fourth-order valence-corrected chi connectivity index (χ4v) is 3.28. The van der Waals surface area contributed by atoms with Gasteiger partial charge in [0.15, 0.2) is 0 Å². The summed E-state index contributed by atoms with van der Waals surface area (Å²) >= 11 is 0. The van der Waals surface area contributed by atoms with Crippen LogP contribution < -0.4 is 10.1 Å². The second kappa shape index (κ2) is 7.28. The Labute approximate surface area is 129 Å². The molecule has 1 aliphatic rings. The maximum Gasteiger partial charge on any atom is 0.123 e. The summed E-state index contributed by atoms with van der Waals surface area (Å²) < 4.78 is 5.83. The minimum Gasteiger partial charge on any atom is -0.494 e. The van der Waals surface area contributed by atoms with Gasteiger partial charge in [0.1, 0.15) is 5.75 Å². The first-order valence-corrected chi connectivity index (χ1v) is 8.22.